The maximum Gasteiger partial charge on any atom is 0.573 e. The summed E-state index contributed by atoms with van der Waals surface area (Å²) in [5.74, 6) is 0.326. The smallest absolute Gasteiger partial charge is 0.406 e. The van der Waals surface area contributed by atoms with E-state index >= 15 is 0 Å². The number of hydrogen-bond acceptors (Lipinski definition) is 6. The van der Waals surface area contributed by atoms with Gasteiger partial charge < -0.3 is 4.74 Å². The second kappa shape index (κ2) is 10.9. The summed E-state index contributed by atoms with van der Waals surface area (Å²) in [6.45, 7) is 4.06. The average molecular weight is 509 g/mol. The number of alkyl halides is 3. The summed E-state index contributed by atoms with van der Waals surface area (Å²) in [4.78, 5) is 21.2. The monoisotopic (exact) mass is 509 g/mol. The van der Waals surface area contributed by atoms with Gasteiger partial charge >= 0.3 is 12.5 Å². The summed E-state index contributed by atoms with van der Waals surface area (Å²) >= 11 is 0. The molecule has 0 atom stereocenters. The van der Waals surface area contributed by atoms with Crippen LogP contribution in [0.25, 0.3) is 17.1 Å². The van der Waals surface area contributed by atoms with Crippen LogP contribution in [-0.4, -0.2) is 33.4 Å². The van der Waals surface area contributed by atoms with Crippen LogP contribution in [0.1, 0.15) is 30.9 Å². The zero-order valence-electron chi connectivity index (χ0n) is 19.8. The number of oxime groups is 1. The predicted molar refractivity (Wildman–Crippen MR) is 132 cm³/mol. The summed E-state index contributed by atoms with van der Waals surface area (Å²) in [7, 11) is 0. The minimum Gasteiger partial charge on any atom is -0.406 e. The molecule has 8 nitrogen and oxygen atoms in total. The van der Waals surface area contributed by atoms with Crippen molar-refractivity contribution >= 4 is 18.0 Å². The molecule has 4 rings (SSSR count). The Morgan fingerprint density at radius 1 is 1.03 bits per heavy atom. The standard InChI is InChI=1S/C26H22F3N5O3/c1-17(2)22-5-3-4-6-23(22)32-25(35)37-31-15-18-7-9-19(10-8-18)24-30-16-34(33-24)20-11-13-21(14-12-20)36-26(27,28)29/h3-17H,1-2H3,(H,32,35)/b31-15+. The topological polar surface area (TPSA) is 90.6 Å². The van der Waals surface area contributed by atoms with Crippen LogP contribution in [0.15, 0.2) is 84.3 Å². The second-order valence-corrected chi connectivity index (χ2v) is 8.16. The second-order valence-electron chi connectivity index (χ2n) is 8.16. The Labute approximate surface area is 210 Å². The predicted octanol–water partition coefficient (Wildman–Crippen LogP) is 6.54. The molecule has 37 heavy (non-hydrogen) atoms. The number of benzene rings is 3. The maximum atomic E-state index is 12.3. The van der Waals surface area contributed by atoms with E-state index in [9.17, 15) is 18.0 Å². The lowest BCUT2D eigenvalue weighted by atomic mass is 10.0. The highest BCUT2D eigenvalue weighted by atomic mass is 19.4. The fourth-order valence-corrected chi connectivity index (χ4v) is 3.42. The molecule has 1 aromatic heterocycles. The molecule has 0 spiro atoms. The maximum absolute atomic E-state index is 12.3. The van der Waals surface area contributed by atoms with Crippen molar-refractivity contribution in [3.05, 3.63) is 90.3 Å². The number of amides is 1. The van der Waals surface area contributed by atoms with Gasteiger partial charge in [0.2, 0.25) is 0 Å². The molecule has 0 bridgehead atoms. The van der Waals surface area contributed by atoms with Gasteiger partial charge in [0.05, 0.1) is 11.9 Å². The van der Waals surface area contributed by atoms with Gasteiger partial charge in [0.1, 0.15) is 12.1 Å². The van der Waals surface area contributed by atoms with Gasteiger partial charge in [-0.15, -0.1) is 18.3 Å². The van der Waals surface area contributed by atoms with E-state index in [1.54, 1.807) is 30.3 Å². The van der Waals surface area contributed by atoms with E-state index in [4.69, 9.17) is 4.84 Å². The largest absolute Gasteiger partial charge is 0.573 e. The third-order valence-corrected chi connectivity index (χ3v) is 5.15. The van der Waals surface area contributed by atoms with Crippen LogP contribution in [0.2, 0.25) is 0 Å². The third kappa shape index (κ3) is 6.94. The highest BCUT2D eigenvalue weighted by Gasteiger charge is 2.31. The molecule has 0 saturated carbocycles. The van der Waals surface area contributed by atoms with E-state index < -0.39 is 12.5 Å². The Morgan fingerprint density at radius 2 is 1.73 bits per heavy atom. The van der Waals surface area contributed by atoms with Crippen molar-refractivity contribution in [2.24, 2.45) is 5.16 Å². The van der Waals surface area contributed by atoms with Crippen molar-refractivity contribution in [3.8, 4) is 22.8 Å². The molecule has 1 N–H and O–H groups in total. The summed E-state index contributed by atoms with van der Waals surface area (Å²) in [5, 5.41) is 10.8. The van der Waals surface area contributed by atoms with E-state index in [1.165, 1.54) is 41.5 Å². The number of carbonyl (C=O) groups is 1. The Kier molecular flexibility index (Phi) is 7.52. The lowest BCUT2D eigenvalue weighted by Gasteiger charge is -2.12. The van der Waals surface area contributed by atoms with Crippen LogP contribution < -0.4 is 10.1 Å². The van der Waals surface area contributed by atoms with Crippen LogP contribution in [0, 0.1) is 0 Å². The fourth-order valence-electron chi connectivity index (χ4n) is 3.42. The van der Waals surface area contributed by atoms with Crippen molar-refractivity contribution in [2.75, 3.05) is 5.32 Å². The van der Waals surface area contributed by atoms with Crippen molar-refractivity contribution in [3.63, 3.8) is 0 Å². The number of hydrogen-bond donors (Lipinski definition) is 1. The number of para-hydroxylation sites is 1. The minimum atomic E-state index is -4.75. The SMILES string of the molecule is CC(C)c1ccccc1NC(=O)O/N=C/c1ccc(-c2ncn(-c3ccc(OC(F)(F)F)cc3)n2)cc1. The first-order valence-electron chi connectivity index (χ1n) is 11.2. The molecule has 0 aliphatic carbocycles. The summed E-state index contributed by atoms with van der Waals surface area (Å²) < 4.78 is 42.3. The van der Waals surface area contributed by atoms with Gasteiger partial charge in [-0.25, -0.2) is 14.5 Å². The molecule has 0 unspecified atom stereocenters. The lowest BCUT2D eigenvalue weighted by molar-refractivity contribution is -0.274. The molecule has 0 saturated heterocycles. The van der Waals surface area contributed by atoms with E-state index in [1.807, 2.05) is 32.0 Å². The number of nitrogens with one attached hydrogen (secondary N) is 1. The molecule has 1 heterocycles. The number of ether oxygens (including phenoxy) is 1. The molecule has 11 heteroatoms. The lowest BCUT2D eigenvalue weighted by Crippen LogP contribution is -2.17. The molecule has 4 aromatic rings. The molecule has 1 amide bonds. The zero-order valence-corrected chi connectivity index (χ0v) is 19.8. The summed E-state index contributed by atoms with van der Waals surface area (Å²) in [6, 6.07) is 19.8. The van der Waals surface area contributed by atoms with Gasteiger partial charge in [-0.1, -0.05) is 61.5 Å². The fraction of sp³-hybridized carbons (Fsp3) is 0.154. The molecule has 0 aliphatic rings. The Morgan fingerprint density at radius 3 is 2.41 bits per heavy atom. The highest BCUT2D eigenvalue weighted by molar-refractivity contribution is 5.87. The first-order chi connectivity index (χ1) is 17.7. The van der Waals surface area contributed by atoms with E-state index in [0.29, 0.717) is 28.3 Å². The molecule has 0 fully saturated rings. The average Bonchev–Trinajstić information content (AvgIpc) is 3.34. The zero-order chi connectivity index (χ0) is 26.4. The van der Waals surface area contributed by atoms with Crippen molar-refractivity contribution in [2.45, 2.75) is 26.1 Å². The normalized spacial score (nSPS) is 11.6. The first-order valence-corrected chi connectivity index (χ1v) is 11.2. The van der Waals surface area contributed by atoms with E-state index in [0.717, 1.165) is 5.56 Å². The number of nitrogens with zero attached hydrogens (tertiary/aromatic N) is 4. The number of carbonyl (C=O) groups excluding carboxylic acids is 1. The van der Waals surface area contributed by atoms with Crippen LogP contribution in [0.5, 0.6) is 5.75 Å². The van der Waals surface area contributed by atoms with Crippen molar-refractivity contribution in [1.82, 2.24) is 14.8 Å². The molecule has 3 aromatic carbocycles. The van der Waals surface area contributed by atoms with Gasteiger partial charge in [-0.2, -0.15) is 0 Å². The van der Waals surface area contributed by atoms with Gasteiger partial charge in [0, 0.05) is 11.3 Å². The van der Waals surface area contributed by atoms with Crippen molar-refractivity contribution in [1.29, 1.82) is 0 Å². The minimum absolute atomic E-state index is 0.234. The van der Waals surface area contributed by atoms with Crippen LogP contribution in [0.3, 0.4) is 0 Å². The molecule has 0 radical (unpaired) electrons. The number of aromatic nitrogens is 3. The van der Waals surface area contributed by atoms with E-state index in [-0.39, 0.29) is 11.7 Å². The quantitative estimate of drug-likeness (QED) is 0.174. The van der Waals surface area contributed by atoms with E-state index in [2.05, 4.69) is 25.3 Å². The third-order valence-electron chi connectivity index (χ3n) is 5.15. The van der Waals surface area contributed by atoms with Crippen molar-refractivity contribution < 1.29 is 27.5 Å². The van der Waals surface area contributed by atoms with Crippen LogP contribution >= 0.6 is 0 Å². The van der Waals surface area contributed by atoms with Gasteiger partial charge in [0.15, 0.2) is 5.82 Å². The van der Waals surface area contributed by atoms with Gasteiger partial charge in [-0.3, -0.25) is 10.2 Å². The van der Waals surface area contributed by atoms with Crippen LogP contribution in [0.4, 0.5) is 23.7 Å². The number of anilines is 1. The molecular formula is C26H22F3N5O3. The van der Waals surface area contributed by atoms with Gasteiger partial charge in [0.25, 0.3) is 0 Å². The first kappa shape index (κ1) is 25.4. The van der Waals surface area contributed by atoms with Crippen LogP contribution in [-0.2, 0) is 4.84 Å². The summed E-state index contributed by atoms with van der Waals surface area (Å²) in [5.41, 5.74) is 3.56. The number of rotatable bonds is 7. The Balaban J connectivity index is 1.35. The summed E-state index contributed by atoms with van der Waals surface area (Å²) in [6.07, 6.45) is -2.60. The molecule has 190 valence electrons. The molecule has 0 aliphatic heterocycles. The molecular weight excluding hydrogens is 487 g/mol. The Bertz CT molecular complexity index is 1380. The highest BCUT2D eigenvalue weighted by Crippen LogP contribution is 2.25. The number of halogens is 3. The van der Waals surface area contributed by atoms with Gasteiger partial charge in [-0.05, 0) is 47.4 Å². The Hall–Kier alpha value is -4.67.